The number of carbonyl (C=O) groups is 1. The van der Waals surface area contributed by atoms with E-state index in [4.69, 9.17) is 4.98 Å². The van der Waals surface area contributed by atoms with Crippen LogP contribution in [-0.4, -0.2) is 51.8 Å². The minimum atomic E-state index is -0.0974. The van der Waals surface area contributed by atoms with Crippen LogP contribution < -0.4 is 4.90 Å². The zero-order valence-corrected chi connectivity index (χ0v) is 18.5. The Morgan fingerprint density at radius 1 is 1.14 bits per heavy atom. The Hall–Kier alpha value is -1.96. The second-order valence-electron chi connectivity index (χ2n) is 6.47. The molecule has 0 unspecified atom stereocenters. The largest absolute Gasteiger partial charge is 0.302 e. The highest BCUT2D eigenvalue weighted by Gasteiger charge is 2.24. The summed E-state index contributed by atoms with van der Waals surface area (Å²) in [5.41, 5.74) is 2.66. The minimum Gasteiger partial charge on any atom is -0.302 e. The minimum absolute atomic E-state index is 0. The fourth-order valence-electron chi connectivity index (χ4n) is 3.13. The van der Waals surface area contributed by atoms with E-state index in [1.54, 1.807) is 33.2 Å². The van der Waals surface area contributed by atoms with Gasteiger partial charge in [-0.05, 0) is 37.2 Å². The smallest absolute Gasteiger partial charge is 0.280 e. The number of aryl methyl sites for hydroxylation is 2. The Morgan fingerprint density at radius 2 is 1.89 bits per heavy atom. The molecule has 0 saturated carbocycles. The maximum atomic E-state index is 13.2. The molecule has 2 aromatic heterocycles. The molecule has 0 saturated heterocycles. The number of amides is 1. The number of carbonyl (C=O) groups excluding carboxylic acids is 1. The predicted molar refractivity (Wildman–Crippen MR) is 119 cm³/mol. The number of para-hydroxylation sites is 1. The van der Waals surface area contributed by atoms with E-state index in [2.05, 4.69) is 49.0 Å². The summed E-state index contributed by atoms with van der Waals surface area (Å²) in [7, 11) is 1.82. The average Bonchev–Trinajstić information content (AvgIpc) is 3.30. The molecule has 0 spiro atoms. The molecule has 3 rings (SSSR count). The summed E-state index contributed by atoms with van der Waals surface area (Å²) in [6, 6.07) is 8.00. The van der Waals surface area contributed by atoms with E-state index in [1.165, 1.54) is 5.56 Å². The molecule has 0 aliphatic carbocycles. The number of fused-ring (bicyclic) bond motifs is 1. The molecule has 0 N–H and O–H groups in total. The van der Waals surface area contributed by atoms with Crippen molar-refractivity contribution in [3.8, 4) is 0 Å². The van der Waals surface area contributed by atoms with Crippen LogP contribution in [0.5, 0.6) is 0 Å². The standard InChI is InChI=1S/C20H27N5OS.ClH/c1-5-15-9-8-10-17-18(15)21-20(27-17)25(14-13-24(6-2)7-3)19(26)16-11-12-23(4)22-16;/h8-12H,5-7,13-14H2,1-4H3;1H. The third-order valence-corrected chi connectivity index (χ3v) is 5.86. The summed E-state index contributed by atoms with van der Waals surface area (Å²) in [4.78, 5) is 22.1. The maximum absolute atomic E-state index is 13.2. The van der Waals surface area contributed by atoms with Gasteiger partial charge in [-0.25, -0.2) is 4.98 Å². The molecule has 0 bridgehead atoms. The van der Waals surface area contributed by atoms with Crippen molar-refractivity contribution in [1.29, 1.82) is 0 Å². The summed E-state index contributed by atoms with van der Waals surface area (Å²) in [5.74, 6) is -0.0974. The molecule has 0 radical (unpaired) electrons. The molecule has 1 amide bonds. The lowest BCUT2D eigenvalue weighted by Crippen LogP contribution is -2.39. The number of benzene rings is 1. The fraction of sp³-hybridized carbons (Fsp3) is 0.450. The first kappa shape index (κ1) is 22.3. The van der Waals surface area contributed by atoms with Crippen molar-refractivity contribution in [2.75, 3.05) is 31.1 Å². The maximum Gasteiger partial charge on any atom is 0.280 e. The van der Waals surface area contributed by atoms with Gasteiger partial charge in [0.15, 0.2) is 10.8 Å². The molecular formula is C20H28ClN5OS. The number of hydrogen-bond acceptors (Lipinski definition) is 5. The molecule has 0 aliphatic heterocycles. The third-order valence-electron chi connectivity index (χ3n) is 4.82. The highest BCUT2D eigenvalue weighted by molar-refractivity contribution is 7.22. The van der Waals surface area contributed by atoms with Crippen LogP contribution in [0.1, 0.15) is 36.8 Å². The zero-order valence-electron chi connectivity index (χ0n) is 16.9. The normalized spacial score (nSPS) is 11.0. The van der Waals surface area contributed by atoms with Crippen LogP contribution in [-0.2, 0) is 13.5 Å². The van der Waals surface area contributed by atoms with Gasteiger partial charge in [-0.3, -0.25) is 14.4 Å². The van der Waals surface area contributed by atoms with E-state index in [0.717, 1.165) is 41.4 Å². The lowest BCUT2D eigenvalue weighted by atomic mass is 10.1. The molecule has 8 heteroatoms. The Bertz CT molecular complexity index is 918. The number of halogens is 1. The molecule has 1 aromatic carbocycles. The molecule has 0 atom stereocenters. The van der Waals surface area contributed by atoms with Crippen LogP contribution in [0.3, 0.4) is 0 Å². The summed E-state index contributed by atoms with van der Waals surface area (Å²) in [6.07, 6.45) is 2.72. The van der Waals surface area contributed by atoms with Gasteiger partial charge in [0, 0.05) is 26.3 Å². The van der Waals surface area contributed by atoms with Gasteiger partial charge in [0.05, 0.1) is 10.2 Å². The molecule has 28 heavy (non-hydrogen) atoms. The van der Waals surface area contributed by atoms with Crippen molar-refractivity contribution >= 4 is 45.0 Å². The summed E-state index contributed by atoms with van der Waals surface area (Å²) in [5, 5.41) is 5.04. The van der Waals surface area contributed by atoms with Gasteiger partial charge in [-0.1, -0.05) is 44.2 Å². The van der Waals surface area contributed by atoms with E-state index in [9.17, 15) is 4.79 Å². The molecule has 0 fully saturated rings. The van der Waals surface area contributed by atoms with Crippen LogP contribution in [0.4, 0.5) is 5.13 Å². The van der Waals surface area contributed by atoms with Gasteiger partial charge in [0.1, 0.15) is 0 Å². The van der Waals surface area contributed by atoms with E-state index in [1.807, 2.05) is 7.05 Å². The van der Waals surface area contributed by atoms with Gasteiger partial charge >= 0.3 is 0 Å². The predicted octanol–water partition coefficient (Wildman–Crippen LogP) is 4.00. The van der Waals surface area contributed by atoms with Crippen LogP contribution in [0.25, 0.3) is 10.2 Å². The van der Waals surface area contributed by atoms with Crippen molar-refractivity contribution in [2.45, 2.75) is 27.2 Å². The third kappa shape index (κ3) is 4.71. The number of anilines is 1. The number of likely N-dealkylation sites (N-methyl/N-ethyl adjacent to an activating group) is 1. The Labute approximate surface area is 176 Å². The second kappa shape index (κ2) is 10.0. The van der Waals surface area contributed by atoms with Gasteiger partial charge in [-0.2, -0.15) is 5.10 Å². The number of aromatic nitrogens is 3. The lowest BCUT2D eigenvalue weighted by molar-refractivity contribution is 0.0978. The van der Waals surface area contributed by atoms with Crippen LogP contribution in [0.15, 0.2) is 30.5 Å². The van der Waals surface area contributed by atoms with Crippen LogP contribution in [0.2, 0.25) is 0 Å². The Balaban J connectivity index is 0.00000280. The molecule has 6 nitrogen and oxygen atoms in total. The average molecular weight is 422 g/mol. The Morgan fingerprint density at radius 3 is 2.50 bits per heavy atom. The molecular weight excluding hydrogens is 394 g/mol. The first-order chi connectivity index (χ1) is 13.1. The Kier molecular flexibility index (Phi) is 7.98. The van der Waals surface area contributed by atoms with Gasteiger partial charge in [0.25, 0.3) is 5.91 Å². The van der Waals surface area contributed by atoms with Crippen molar-refractivity contribution in [2.24, 2.45) is 7.05 Å². The monoisotopic (exact) mass is 421 g/mol. The number of nitrogens with zero attached hydrogens (tertiary/aromatic N) is 5. The fourth-order valence-corrected chi connectivity index (χ4v) is 4.17. The van der Waals surface area contributed by atoms with Crippen LogP contribution >= 0.6 is 23.7 Å². The first-order valence-corrected chi connectivity index (χ1v) is 10.3. The van der Waals surface area contributed by atoms with Gasteiger partial charge in [-0.15, -0.1) is 12.4 Å². The van der Waals surface area contributed by atoms with E-state index in [-0.39, 0.29) is 18.3 Å². The summed E-state index contributed by atoms with van der Waals surface area (Å²) < 4.78 is 2.77. The number of rotatable bonds is 8. The second-order valence-corrected chi connectivity index (χ2v) is 7.48. The summed E-state index contributed by atoms with van der Waals surface area (Å²) in [6.45, 7) is 9.73. The van der Waals surface area contributed by atoms with Gasteiger partial charge < -0.3 is 4.90 Å². The van der Waals surface area contributed by atoms with E-state index in [0.29, 0.717) is 12.2 Å². The zero-order chi connectivity index (χ0) is 19.4. The van der Waals surface area contributed by atoms with Crippen molar-refractivity contribution < 1.29 is 4.79 Å². The topological polar surface area (TPSA) is 54.3 Å². The van der Waals surface area contributed by atoms with Gasteiger partial charge in [0.2, 0.25) is 0 Å². The molecule has 3 aromatic rings. The number of thiazole rings is 1. The highest BCUT2D eigenvalue weighted by Crippen LogP contribution is 2.31. The van der Waals surface area contributed by atoms with E-state index >= 15 is 0 Å². The molecule has 0 aliphatic rings. The van der Waals surface area contributed by atoms with Crippen LogP contribution in [0, 0.1) is 0 Å². The molecule has 152 valence electrons. The SMILES string of the molecule is CCc1cccc2sc(N(CCN(CC)CC)C(=O)c3ccn(C)n3)nc12.Cl. The van der Waals surface area contributed by atoms with E-state index < -0.39 is 0 Å². The number of hydrogen-bond donors (Lipinski definition) is 0. The van der Waals surface area contributed by atoms with Crippen molar-refractivity contribution in [1.82, 2.24) is 19.7 Å². The quantitative estimate of drug-likeness (QED) is 0.551. The highest BCUT2D eigenvalue weighted by atomic mass is 35.5. The lowest BCUT2D eigenvalue weighted by Gasteiger charge is -2.24. The molecule has 2 heterocycles. The van der Waals surface area contributed by atoms with Crippen molar-refractivity contribution in [3.63, 3.8) is 0 Å². The summed E-state index contributed by atoms with van der Waals surface area (Å²) >= 11 is 1.57. The van der Waals surface area contributed by atoms with Crippen molar-refractivity contribution in [3.05, 3.63) is 41.7 Å². The first-order valence-electron chi connectivity index (χ1n) is 9.49.